The molecule has 6 nitrogen and oxygen atoms in total. The van der Waals surface area contributed by atoms with Crippen LogP contribution in [0.15, 0.2) is 35.3 Å². The first-order valence-electron chi connectivity index (χ1n) is 11.1. The summed E-state index contributed by atoms with van der Waals surface area (Å²) in [4.78, 5) is 21.8. The Labute approximate surface area is 175 Å². The van der Waals surface area contributed by atoms with Gasteiger partial charge in [0, 0.05) is 31.6 Å². The van der Waals surface area contributed by atoms with Crippen LogP contribution in [0.3, 0.4) is 0 Å². The number of guanidine groups is 1. The van der Waals surface area contributed by atoms with Gasteiger partial charge in [0.05, 0.1) is 12.6 Å². The lowest BCUT2D eigenvalue weighted by atomic mass is 10.1. The van der Waals surface area contributed by atoms with Crippen LogP contribution < -0.4 is 10.6 Å². The zero-order valence-corrected chi connectivity index (χ0v) is 18.2. The number of hydrogen-bond acceptors (Lipinski definition) is 3. The van der Waals surface area contributed by atoms with Crippen LogP contribution in [-0.4, -0.2) is 68.0 Å². The van der Waals surface area contributed by atoms with Gasteiger partial charge in [0.2, 0.25) is 5.91 Å². The molecular formula is C23H37N5O. The third-order valence-corrected chi connectivity index (χ3v) is 6.12. The molecule has 1 amide bonds. The number of rotatable bonds is 7. The molecule has 1 aromatic carbocycles. The van der Waals surface area contributed by atoms with Gasteiger partial charge in [-0.05, 0) is 45.8 Å². The predicted octanol–water partition coefficient (Wildman–Crippen LogP) is 2.64. The van der Waals surface area contributed by atoms with Crippen molar-refractivity contribution in [2.75, 3.05) is 40.3 Å². The van der Waals surface area contributed by atoms with Gasteiger partial charge in [-0.3, -0.25) is 9.79 Å². The lowest BCUT2D eigenvalue weighted by Crippen LogP contribution is -2.45. The van der Waals surface area contributed by atoms with Crippen LogP contribution in [0.1, 0.15) is 50.6 Å². The molecule has 1 saturated carbocycles. The number of amides is 1. The maximum atomic E-state index is 12.7. The molecule has 1 saturated heterocycles. The molecule has 0 radical (unpaired) electrons. The fourth-order valence-corrected chi connectivity index (χ4v) is 4.44. The molecular weight excluding hydrogens is 362 g/mol. The normalized spacial score (nSPS) is 21.6. The van der Waals surface area contributed by atoms with Gasteiger partial charge >= 0.3 is 0 Å². The SMILES string of the molecule is CCNC(=NCC(c1ccccc1)N(C)C)NC1CCN(C(=O)C2CCCC2)C1. The molecule has 1 aliphatic heterocycles. The van der Waals surface area contributed by atoms with Gasteiger partial charge in [0.1, 0.15) is 0 Å². The van der Waals surface area contributed by atoms with Crippen LogP contribution in [0.4, 0.5) is 0 Å². The van der Waals surface area contributed by atoms with Crippen molar-refractivity contribution in [2.24, 2.45) is 10.9 Å². The van der Waals surface area contributed by atoms with Crippen LogP contribution in [-0.2, 0) is 4.79 Å². The second-order valence-electron chi connectivity index (χ2n) is 8.51. The van der Waals surface area contributed by atoms with Crippen molar-refractivity contribution in [1.29, 1.82) is 0 Å². The van der Waals surface area contributed by atoms with Crippen molar-refractivity contribution in [3.63, 3.8) is 0 Å². The molecule has 0 bridgehead atoms. The lowest BCUT2D eigenvalue weighted by Gasteiger charge is -2.24. The molecule has 2 unspecified atom stereocenters. The molecule has 29 heavy (non-hydrogen) atoms. The summed E-state index contributed by atoms with van der Waals surface area (Å²) in [6.45, 7) is 5.24. The van der Waals surface area contributed by atoms with Crippen LogP contribution in [0, 0.1) is 5.92 Å². The summed E-state index contributed by atoms with van der Waals surface area (Å²) in [5.74, 6) is 1.48. The summed E-state index contributed by atoms with van der Waals surface area (Å²) in [5.41, 5.74) is 1.27. The molecule has 1 heterocycles. The smallest absolute Gasteiger partial charge is 0.225 e. The lowest BCUT2D eigenvalue weighted by molar-refractivity contribution is -0.134. The third kappa shape index (κ3) is 5.95. The second-order valence-corrected chi connectivity index (χ2v) is 8.51. The minimum Gasteiger partial charge on any atom is -0.357 e. The Balaban J connectivity index is 1.58. The molecule has 3 rings (SSSR count). The Morgan fingerprint density at radius 2 is 1.93 bits per heavy atom. The van der Waals surface area contributed by atoms with Crippen molar-refractivity contribution in [1.82, 2.24) is 20.4 Å². The highest BCUT2D eigenvalue weighted by Gasteiger charge is 2.32. The van der Waals surface area contributed by atoms with Crippen molar-refractivity contribution in [3.05, 3.63) is 35.9 Å². The van der Waals surface area contributed by atoms with Gasteiger partial charge in [0.15, 0.2) is 5.96 Å². The van der Waals surface area contributed by atoms with Crippen LogP contribution in [0.5, 0.6) is 0 Å². The van der Waals surface area contributed by atoms with E-state index < -0.39 is 0 Å². The standard InChI is InChI=1S/C23H37N5O/c1-4-24-23(25-16-21(27(2)3)18-10-6-5-7-11-18)26-20-14-15-28(17-20)22(29)19-12-8-9-13-19/h5-7,10-11,19-21H,4,8-9,12-17H2,1-3H3,(H2,24,25,26). The van der Waals surface area contributed by atoms with Crippen molar-refractivity contribution >= 4 is 11.9 Å². The molecule has 2 atom stereocenters. The van der Waals surface area contributed by atoms with E-state index in [1.165, 1.54) is 18.4 Å². The van der Waals surface area contributed by atoms with Crippen LogP contribution >= 0.6 is 0 Å². The third-order valence-electron chi connectivity index (χ3n) is 6.12. The molecule has 1 aliphatic carbocycles. The average Bonchev–Trinajstić information content (AvgIpc) is 3.41. The van der Waals surface area contributed by atoms with Crippen LogP contribution in [0.2, 0.25) is 0 Å². The topological polar surface area (TPSA) is 60.0 Å². The predicted molar refractivity (Wildman–Crippen MR) is 119 cm³/mol. The molecule has 2 N–H and O–H groups in total. The first kappa shape index (κ1) is 21.6. The summed E-state index contributed by atoms with van der Waals surface area (Å²) >= 11 is 0. The van der Waals surface area contributed by atoms with Gasteiger partial charge in [0.25, 0.3) is 0 Å². The van der Waals surface area contributed by atoms with Gasteiger partial charge in [-0.25, -0.2) is 0 Å². The highest BCUT2D eigenvalue weighted by molar-refractivity contribution is 5.81. The molecule has 0 spiro atoms. The minimum absolute atomic E-state index is 0.232. The molecule has 0 aromatic heterocycles. The first-order chi connectivity index (χ1) is 14.1. The van der Waals surface area contributed by atoms with E-state index in [0.29, 0.717) is 12.5 Å². The maximum Gasteiger partial charge on any atom is 0.225 e. The highest BCUT2D eigenvalue weighted by atomic mass is 16.2. The number of benzene rings is 1. The number of hydrogen-bond donors (Lipinski definition) is 2. The van der Waals surface area contributed by atoms with E-state index in [1.807, 2.05) is 6.07 Å². The van der Waals surface area contributed by atoms with E-state index in [9.17, 15) is 4.79 Å². The minimum atomic E-state index is 0.232. The van der Waals surface area contributed by atoms with E-state index in [1.54, 1.807) is 0 Å². The van der Waals surface area contributed by atoms with Gasteiger partial charge in [-0.1, -0.05) is 43.2 Å². The number of nitrogens with zero attached hydrogens (tertiary/aromatic N) is 3. The summed E-state index contributed by atoms with van der Waals surface area (Å²) in [6, 6.07) is 11.0. The summed E-state index contributed by atoms with van der Waals surface area (Å²) in [6.07, 6.45) is 5.54. The van der Waals surface area contributed by atoms with E-state index in [2.05, 4.69) is 65.7 Å². The van der Waals surface area contributed by atoms with E-state index in [-0.39, 0.29) is 18.0 Å². The highest BCUT2D eigenvalue weighted by Crippen LogP contribution is 2.27. The van der Waals surface area contributed by atoms with Crippen LogP contribution in [0.25, 0.3) is 0 Å². The summed E-state index contributed by atoms with van der Waals surface area (Å²) in [7, 11) is 4.19. The summed E-state index contributed by atoms with van der Waals surface area (Å²) < 4.78 is 0. The molecule has 1 aromatic rings. The van der Waals surface area contributed by atoms with Gasteiger partial charge < -0.3 is 20.4 Å². The van der Waals surface area contributed by atoms with Crippen molar-refractivity contribution in [3.8, 4) is 0 Å². The Hall–Kier alpha value is -2.08. The quantitative estimate of drug-likeness (QED) is 0.547. The number of likely N-dealkylation sites (N-methyl/N-ethyl adjacent to an activating group) is 1. The summed E-state index contributed by atoms with van der Waals surface area (Å²) in [5, 5.41) is 6.94. The number of carbonyl (C=O) groups is 1. The van der Waals surface area contributed by atoms with Crippen molar-refractivity contribution < 1.29 is 4.79 Å². The van der Waals surface area contributed by atoms with Gasteiger partial charge in [-0.15, -0.1) is 0 Å². The molecule has 6 heteroatoms. The first-order valence-corrected chi connectivity index (χ1v) is 11.1. The largest absolute Gasteiger partial charge is 0.357 e. The Bertz CT molecular complexity index is 669. The Morgan fingerprint density at radius 1 is 1.21 bits per heavy atom. The zero-order valence-electron chi connectivity index (χ0n) is 18.2. The fraction of sp³-hybridized carbons (Fsp3) is 0.652. The second kappa shape index (κ2) is 10.6. The van der Waals surface area contributed by atoms with E-state index >= 15 is 0 Å². The van der Waals surface area contributed by atoms with E-state index in [4.69, 9.17) is 4.99 Å². The van der Waals surface area contributed by atoms with E-state index in [0.717, 1.165) is 44.9 Å². The molecule has 2 aliphatic rings. The van der Waals surface area contributed by atoms with Crippen molar-refractivity contribution in [2.45, 2.75) is 51.1 Å². The molecule has 160 valence electrons. The monoisotopic (exact) mass is 399 g/mol. The number of aliphatic imine (C=N–C) groups is 1. The van der Waals surface area contributed by atoms with Gasteiger partial charge in [-0.2, -0.15) is 0 Å². The zero-order chi connectivity index (χ0) is 20.6. The fourth-order valence-electron chi connectivity index (χ4n) is 4.44. The number of nitrogens with one attached hydrogen (secondary N) is 2. The Morgan fingerprint density at radius 3 is 2.59 bits per heavy atom. The number of likely N-dealkylation sites (tertiary alicyclic amines) is 1. The number of carbonyl (C=O) groups excluding carboxylic acids is 1. The Kier molecular flexibility index (Phi) is 7.92. The average molecular weight is 400 g/mol. The maximum absolute atomic E-state index is 12.7. The molecule has 2 fully saturated rings.